The molecule has 3 heterocycles. The van der Waals surface area contributed by atoms with Gasteiger partial charge in [0.25, 0.3) is 0 Å². The number of nitrogens with zero attached hydrogens (tertiary/aromatic N) is 5. The molecule has 2 aliphatic rings. The normalized spacial score (nSPS) is 16.5. The summed E-state index contributed by atoms with van der Waals surface area (Å²) in [4.78, 5) is 28.1. The Kier molecular flexibility index (Phi) is 8.90. The largest absolute Gasteiger partial charge is 0.507 e. The number of carbonyl (C=O) groups excluding carboxylic acids is 1. The van der Waals surface area contributed by atoms with Crippen LogP contribution < -0.4 is 20.3 Å². The van der Waals surface area contributed by atoms with Crippen molar-refractivity contribution in [2.75, 3.05) is 69.0 Å². The van der Waals surface area contributed by atoms with Crippen LogP contribution in [-0.2, 0) is 0 Å². The lowest BCUT2D eigenvalue weighted by molar-refractivity contribution is 0.0982. The number of nitrogens with one attached hydrogen (secondary N) is 2. The van der Waals surface area contributed by atoms with E-state index in [-0.39, 0.29) is 11.3 Å². The van der Waals surface area contributed by atoms with Crippen molar-refractivity contribution in [2.45, 2.75) is 18.9 Å². The molecule has 1 aromatic heterocycles. The van der Waals surface area contributed by atoms with Gasteiger partial charge in [0.1, 0.15) is 17.3 Å². The molecule has 2 aliphatic heterocycles. The van der Waals surface area contributed by atoms with E-state index in [0.717, 1.165) is 56.3 Å². The average Bonchev–Trinajstić information content (AvgIpc) is 3.06. The van der Waals surface area contributed by atoms with Crippen molar-refractivity contribution in [2.24, 2.45) is 0 Å². The molecule has 0 aliphatic carbocycles. The van der Waals surface area contributed by atoms with Gasteiger partial charge in [-0.15, -0.1) is 0 Å². The second kappa shape index (κ2) is 13.3. The number of piperidine rings is 1. The van der Waals surface area contributed by atoms with Crippen molar-refractivity contribution < 1.29 is 14.6 Å². The lowest BCUT2D eigenvalue weighted by Gasteiger charge is -2.42. The SMILES string of the molecule is COc1cc(N2CCC(N3CCN(C)CC3)CC2)ccc1Nc1ncc(-c2ccc(C=O)c(O)c2)c(Nc2ccccc2)n1. The van der Waals surface area contributed by atoms with Crippen LogP contribution in [-0.4, -0.2) is 90.6 Å². The first kappa shape index (κ1) is 29.4. The zero-order chi connectivity index (χ0) is 30.5. The number of benzene rings is 3. The maximum absolute atomic E-state index is 11.2. The third-order valence-electron chi connectivity index (χ3n) is 8.61. The smallest absolute Gasteiger partial charge is 0.229 e. The summed E-state index contributed by atoms with van der Waals surface area (Å²) in [5, 5.41) is 17.0. The molecule has 0 radical (unpaired) electrons. The van der Waals surface area contributed by atoms with Crippen LogP contribution in [0.2, 0.25) is 0 Å². The number of methoxy groups -OCH3 is 1. The van der Waals surface area contributed by atoms with Crippen molar-refractivity contribution >= 4 is 35.1 Å². The molecule has 0 unspecified atom stereocenters. The number of hydrogen-bond acceptors (Lipinski definition) is 10. The number of aromatic nitrogens is 2. The van der Waals surface area contributed by atoms with E-state index in [9.17, 15) is 9.90 Å². The first-order valence-corrected chi connectivity index (χ1v) is 15.1. The Morgan fingerprint density at radius 3 is 2.41 bits per heavy atom. The summed E-state index contributed by atoms with van der Waals surface area (Å²) in [5.74, 6) is 1.55. The van der Waals surface area contributed by atoms with Gasteiger partial charge in [0.2, 0.25) is 5.95 Å². The van der Waals surface area contributed by atoms with Gasteiger partial charge >= 0.3 is 0 Å². The number of hydrogen-bond donors (Lipinski definition) is 3. The molecule has 228 valence electrons. The fraction of sp³-hybridized carbons (Fsp3) is 0.324. The molecule has 44 heavy (non-hydrogen) atoms. The van der Waals surface area contributed by atoms with E-state index in [4.69, 9.17) is 9.72 Å². The molecule has 4 aromatic rings. The zero-order valence-electron chi connectivity index (χ0n) is 25.2. The summed E-state index contributed by atoms with van der Waals surface area (Å²) in [6.07, 6.45) is 4.65. The van der Waals surface area contributed by atoms with Gasteiger partial charge in [-0.1, -0.05) is 24.3 Å². The van der Waals surface area contributed by atoms with Gasteiger partial charge in [0.05, 0.1) is 18.4 Å². The number of rotatable bonds is 9. The zero-order valence-corrected chi connectivity index (χ0v) is 25.2. The summed E-state index contributed by atoms with van der Waals surface area (Å²) in [5.41, 5.74) is 4.33. The molecule has 3 aromatic carbocycles. The summed E-state index contributed by atoms with van der Waals surface area (Å²) < 4.78 is 5.80. The molecule has 0 atom stereocenters. The van der Waals surface area contributed by atoms with Gasteiger partial charge in [0.15, 0.2) is 6.29 Å². The van der Waals surface area contributed by atoms with Gasteiger partial charge < -0.3 is 30.3 Å². The third kappa shape index (κ3) is 6.61. The highest BCUT2D eigenvalue weighted by atomic mass is 16.5. The number of carbonyl (C=O) groups is 1. The number of piperazine rings is 1. The summed E-state index contributed by atoms with van der Waals surface area (Å²) in [6.45, 7) is 6.68. The fourth-order valence-corrected chi connectivity index (χ4v) is 5.99. The number of aldehydes is 1. The van der Waals surface area contributed by atoms with Crippen molar-refractivity contribution in [3.8, 4) is 22.6 Å². The summed E-state index contributed by atoms with van der Waals surface area (Å²) in [6, 6.07) is 21.5. The molecule has 2 saturated heterocycles. The van der Waals surface area contributed by atoms with Crippen molar-refractivity contribution in [3.63, 3.8) is 0 Å². The molecular weight excluding hydrogens is 554 g/mol. The highest BCUT2D eigenvalue weighted by Gasteiger charge is 2.27. The molecule has 0 bridgehead atoms. The van der Waals surface area contributed by atoms with Gasteiger partial charge in [-0.05, 0) is 61.9 Å². The van der Waals surface area contributed by atoms with Crippen LogP contribution in [0.1, 0.15) is 23.2 Å². The van der Waals surface area contributed by atoms with Gasteiger partial charge in [0, 0.05) is 74.5 Å². The van der Waals surface area contributed by atoms with Crippen molar-refractivity contribution in [1.29, 1.82) is 0 Å². The number of phenols is 1. The summed E-state index contributed by atoms with van der Waals surface area (Å²) in [7, 11) is 3.88. The second-order valence-corrected chi connectivity index (χ2v) is 11.4. The average molecular weight is 594 g/mol. The third-order valence-corrected chi connectivity index (χ3v) is 8.61. The van der Waals surface area contributed by atoms with Gasteiger partial charge in [-0.2, -0.15) is 4.98 Å². The first-order chi connectivity index (χ1) is 21.5. The minimum absolute atomic E-state index is 0.0984. The van der Waals surface area contributed by atoms with E-state index in [2.05, 4.69) is 49.5 Å². The Morgan fingerprint density at radius 2 is 1.70 bits per heavy atom. The molecule has 10 nitrogen and oxygen atoms in total. The Balaban J connectivity index is 1.20. The molecule has 2 fully saturated rings. The molecule has 0 spiro atoms. The lowest BCUT2D eigenvalue weighted by Crippen LogP contribution is -2.52. The predicted molar refractivity (Wildman–Crippen MR) is 175 cm³/mol. The maximum Gasteiger partial charge on any atom is 0.229 e. The Morgan fingerprint density at radius 1 is 0.932 bits per heavy atom. The standard InChI is InChI=1S/C34H39N7O3/c1-39-16-18-41(19-17-39)27-12-14-40(15-13-27)28-10-11-30(32(21-28)44-2)37-34-35-22-29(24-8-9-25(23-42)31(43)20-24)33(38-34)36-26-6-4-3-5-7-26/h3-11,20-23,27,43H,12-19H2,1-2H3,(H2,35,36,37,38). The minimum Gasteiger partial charge on any atom is -0.507 e. The molecule has 3 N–H and O–H groups in total. The Hall–Kier alpha value is -4.67. The lowest BCUT2D eigenvalue weighted by atomic mass is 10.0. The van der Waals surface area contributed by atoms with Crippen molar-refractivity contribution in [3.05, 3.63) is 78.5 Å². The quantitative estimate of drug-likeness (QED) is 0.219. The van der Waals surface area contributed by atoms with Crippen LogP contribution in [0, 0.1) is 0 Å². The number of anilines is 5. The topological polar surface area (TPSA) is 106 Å². The Labute approximate surface area is 258 Å². The van der Waals surface area contributed by atoms with Crippen molar-refractivity contribution in [1.82, 2.24) is 19.8 Å². The maximum atomic E-state index is 11.2. The van der Waals surface area contributed by atoms with Crippen LogP contribution in [0.5, 0.6) is 11.5 Å². The molecule has 0 saturated carbocycles. The van der Waals surface area contributed by atoms with Crippen LogP contribution in [0.3, 0.4) is 0 Å². The molecule has 0 amide bonds. The van der Waals surface area contributed by atoms with Crippen LogP contribution in [0.4, 0.5) is 28.8 Å². The van der Waals surface area contributed by atoms with E-state index in [1.807, 2.05) is 36.4 Å². The van der Waals surface area contributed by atoms with Crippen LogP contribution >= 0.6 is 0 Å². The molecule has 10 heteroatoms. The number of para-hydroxylation sites is 1. The minimum atomic E-state index is -0.0984. The van der Waals surface area contributed by atoms with E-state index in [1.165, 1.54) is 12.8 Å². The van der Waals surface area contributed by atoms with Gasteiger partial charge in [-0.25, -0.2) is 4.98 Å². The number of phenolic OH excluding ortho intramolecular Hbond substituents is 1. The van der Waals surface area contributed by atoms with E-state index in [1.54, 1.807) is 31.5 Å². The van der Waals surface area contributed by atoms with E-state index in [0.29, 0.717) is 41.0 Å². The first-order valence-electron chi connectivity index (χ1n) is 15.1. The van der Waals surface area contributed by atoms with E-state index >= 15 is 0 Å². The molecule has 6 rings (SSSR count). The monoisotopic (exact) mass is 593 g/mol. The fourth-order valence-electron chi connectivity index (χ4n) is 5.99. The number of aromatic hydroxyl groups is 1. The summed E-state index contributed by atoms with van der Waals surface area (Å²) >= 11 is 0. The van der Waals surface area contributed by atoms with Crippen LogP contribution in [0.25, 0.3) is 11.1 Å². The number of likely N-dealkylation sites (N-methyl/N-ethyl adjacent to an activating group) is 1. The second-order valence-electron chi connectivity index (χ2n) is 11.4. The highest BCUT2D eigenvalue weighted by molar-refractivity contribution is 5.84. The Bertz CT molecular complexity index is 1580. The molecular formula is C34H39N7O3. The van der Waals surface area contributed by atoms with E-state index < -0.39 is 0 Å². The van der Waals surface area contributed by atoms with Gasteiger partial charge in [-0.3, -0.25) is 9.69 Å². The predicted octanol–water partition coefficient (Wildman–Crippen LogP) is 5.37. The van der Waals surface area contributed by atoms with Crippen LogP contribution in [0.15, 0.2) is 72.9 Å². The number of ether oxygens (including phenoxy) is 1. The highest BCUT2D eigenvalue weighted by Crippen LogP contribution is 2.35.